The Kier molecular flexibility index (Phi) is 5.12. The van der Waals surface area contributed by atoms with E-state index in [2.05, 4.69) is 4.90 Å². The molecule has 2 aromatic carbocycles. The lowest BCUT2D eigenvalue weighted by Crippen LogP contribution is -2.33. The van der Waals surface area contributed by atoms with Crippen LogP contribution < -0.4 is 9.47 Å². The third-order valence-electron chi connectivity index (χ3n) is 4.96. The van der Waals surface area contributed by atoms with Crippen LogP contribution in [0.5, 0.6) is 17.2 Å². The number of likely N-dealkylation sites (tertiary alicyclic amines) is 1. The number of ether oxygens (including phenoxy) is 2. The summed E-state index contributed by atoms with van der Waals surface area (Å²) in [4.78, 5) is 14.8. The molecule has 0 aliphatic carbocycles. The second-order valence-corrected chi connectivity index (χ2v) is 6.94. The van der Waals surface area contributed by atoms with Crippen LogP contribution >= 0.6 is 0 Å². The first kappa shape index (κ1) is 17.6. The van der Waals surface area contributed by atoms with Crippen molar-refractivity contribution in [2.45, 2.75) is 19.3 Å². The van der Waals surface area contributed by atoms with Gasteiger partial charge < -0.3 is 14.6 Å². The van der Waals surface area contributed by atoms with E-state index in [9.17, 15) is 9.90 Å². The molecule has 0 amide bonds. The molecule has 0 spiro atoms. The number of ketones is 1. The van der Waals surface area contributed by atoms with Crippen LogP contribution in [0.2, 0.25) is 0 Å². The van der Waals surface area contributed by atoms with Crippen molar-refractivity contribution in [3.63, 3.8) is 0 Å². The Morgan fingerprint density at radius 2 is 1.85 bits per heavy atom. The summed E-state index contributed by atoms with van der Waals surface area (Å²) in [6, 6.07) is 12.1. The van der Waals surface area contributed by atoms with Gasteiger partial charge in [0.05, 0.1) is 5.56 Å². The number of hydrogen-bond acceptors (Lipinski definition) is 5. The van der Waals surface area contributed by atoms with E-state index in [4.69, 9.17) is 9.47 Å². The number of phenols is 1. The second kappa shape index (κ2) is 7.84. The van der Waals surface area contributed by atoms with Gasteiger partial charge in [-0.1, -0.05) is 18.6 Å². The van der Waals surface area contributed by atoms with E-state index in [1.54, 1.807) is 12.1 Å². The van der Waals surface area contributed by atoms with Crippen LogP contribution in [-0.4, -0.2) is 42.0 Å². The molecular weight excluding hydrogens is 342 g/mol. The summed E-state index contributed by atoms with van der Waals surface area (Å²) in [6.07, 6.45) is 5.62. The fraction of sp³-hybridized carbons (Fsp3) is 0.318. The summed E-state index contributed by atoms with van der Waals surface area (Å²) >= 11 is 0. The highest BCUT2D eigenvalue weighted by Crippen LogP contribution is 2.34. The smallest absolute Gasteiger partial charge is 0.231 e. The summed E-state index contributed by atoms with van der Waals surface area (Å²) in [5, 5.41) is 9.52. The summed E-state index contributed by atoms with van der Waals surface area (Å²) in [5.41, 5.74) is 1.33. The number of hydrogen-bond donors (Lipinski definition) is 1. The number of carbonyl (C=O) groups is 1. The fourth-order valence-corrected chi connectivity index (χ4v) is 3.46. The molecule has 2 aromatic rings. The Hall–Kier alpha value is -2.79. The van der Waals surface area contributed by atoms with Gasteiger partial charge in [0.25, 0.3) is 0 Å². The zero-order chi connectivity index (χ0) is 18.6. The third kappa shape index (κ3) is 4.14. The Morgan fingerprint density at radius 1 is 1.07 bits per heavy atom. The number of allylic oxidation sites excluding steroid dienone is 1. The quantitative estimate of drug-likeness (QED) is 0.815. The summed E-state index contributed by atoms with van der Waals surface area (Å²) in [6.45, 7) is 3.98. The number of piperidine rings is 1. The second-order valence-electron chi connectivity index (χ2n) is 6.94. The monoisotopic (exact) mass is 365 g/mol. The lowest BCUT2D eigenvalue weighted by molar-refractivity contribution is 0.101. The molecule has 0 radical (unpaired) electrons. The number of nitrogens with zero attached hydrogens (tertiary/aromatic N) is 1. The van der Waals surface area contributed by atoms with Crippen LogP contribution in [-0.2, 0) is 0 Å². The number of carbonyl (C=O) groups excluding carboxylic acids is 1. The molecule has 0 unspecified atom stereocenters. The Labute approximate surface area is 158 Å². The molecule has 2 aliphatic rings. The van der Waals surface area contributed by atoms with Gasteiger partial charge in [0.1, 0.15) is 23.9 Å². The number of rotatable bonds is 5. The normalized spacial score (nSPS) is 18.4. The largest absolute Gasteiger partial charge is 0.508 e. The topological polar surface area (TPSA) is 59.0 Å². The summed E-state index contributed by atoms with van der Waals surface area (Å²) in [5.74, 6) is 1.38. The van der Waals surface area contributed by atoms with Gasteiger partial charge in [-0.3, -0.25) is 9.69 Å². The molecule has 140 valence electrons. The maximum atomic E-state index is 12.4. The van der Waals surface area contributed by atoms with Crippen molar-refractivity contribution in [1.82, 2.24) is 4.90 Å². The minimum atomic E-state index is -0.174. The van der Waals surface area contributed by atoms with Crippen LogP contribution in [0.4, 0.5) is 0 Å². The van der Waals surface area contributed by atoms with Crippen LogP contribution in [0.15, 0.2) is 48.2 Å². The van der Waals surface area contributed by atoms with Crippen LogP contribution in [0.25, 0.3) is 6.08 Å². The Morgan fingerprint density at radius 3 is 2.63 bits per heavy atom. The Balaban J connectivity index is 1.35. The molecule has 2 aliphatic heterocycles. The molecule has 5 nitrogen and oxygen atoms in total. The molecular formula is C22H23NO4. The zero-order valence-electron chi connectivity index (χ0n) is 15.2. The molecule has 2 heterocycles. The van der Waals surface area contributed by atoms with Gasteiger partial charge in [-0.2, -0.15) is 0 Å². The number of Topliss-reactive ketones (excluding diaryl/α,β-unsaturated/α-hetero) is 1. The van der Waals surface area contributed by atoms with E-state index < -0.39 is 0 Å². The van der Waals surface area contributed by atoms with Gasteiger partial charge in [0, 0.05) is 12.6 Å². The SMILES string of the molecule is O=C1/C(=C/c2ccc(OCCN3CCCCC3)cc2)Oc2cc(O)ccc21. The molecule has 0 atom stereocenters. The first-order chi connectivity index (χ1) is 13.2. The first-order valence-corrected chi connectivity index (χ1v) is 9.41. The lowest BCUT2D eigenvalue weighted by atomic mass is 10.1. The number of fused-ring (bicyclic) bond motifs is 1. The van der Waals surface area contributed by atoms with E-state index in [-0.39, 0.29) is 17.3 Å². The van der Waals surface area contributed by atoms with Gasteiger partial charge in [0.15, 0.2) is 5.76 Å². The van der Waals surface area contributed by atoms with Crippen molar-refractivity contribution >= 4 is 11.9 Å². The lowest BCUT2D eigenvalue weighted by Gasteiger charge is -2.26. The molecule has 1 saturated heterocycles. The van der Waals surface area contributed by atoms with E-state index in [1.165, 1.54) is 44.5 Å². The van der Waals surface area contributed by atoms with Gasteiger partial charge >= 0.3 is 0 Å². The minimum Gasteiger partial charge on any atom is -0.508 e. The average Bonchev–Trinajstić information content (AvgIpc) is 2.99. The maximum absolute atomic E-state index is 12.4. The van der Waals surface area contributed by atoms with Gasteiger partial charge in [-0.15, -0.1) is 0 Å². The van der Waals surface area contributed by atoms with Crippen molar-refractivity contribution in [1.29, 1.82) is 0 Å². The van der Waals surface area contributed by atoms with Crippen molar-refractivity contribution in [2.24, 2.45) is 0 Å². The molecule has 0 saturated carbocycles. The van der Waals surface area contributed by atoms with Crippen LogP contribution in [0.3, 0.4) is 0 Å². The molecule has 5 heteroatoms. The maximum Gasteiger partial charge on any atom is 0.231 e. The Bertz CT molecular complexity index is 851. The van der Waals surface area contributed by atoms with Gasteiger partial charge in [-0.25, -0.2) is 0 Å². The average molecular weight is 365 g/mol. The highest BCUT2D eigenvalue weighted by Gasteiger charge is 2.27. The predicted molar refractivity (Wildman–Crippen MR) is 103 cm³/mol. The van der Waals surface area contributed by atoms with Gasteiger partial charge in [-0.05, 0) is 61.8 Å². The zero-order valence-corrected chi connectivity index (χ0v) is 15.2. The molecule has 1 N–H and O–H groups in total. The third-order valence-corrected chi connectivity index (χ3v) is 4.96. The molecule has 0 aromatic heterocycles. The van der Waals surface area contributed by atoms with Gasteiger partial charge in [0.2, 0.25) is 5.78 Å². The van der Waals surface area contributed by atoms with Crippen LogP contribution in [0.1, 0.15) is 35.2 Å². The fourth-order valence-electron chi connectivity index (χ4n) is 3.46. The van der Waals surface area contributed by atoms with Crippen molar-refractivity contribution in [2.75, 3.05) is 26.2 Å². The predicted octanol–water partition coefficient (Wildman–Crippen LogP) is 3.87. The number of benzene rings is 2. The van der Waals surface area contributed by atoms with Crippen molar-refractivity contribution in [3.8, 4) is 17.2 Å². The molecule has 0 bridgehead atoms. The highest BCUT2D eigenvalue weighted by atomic mass is 16.5. The molecule has 27 heavy (non-hydrogen) atoms. The standard InChI is InChI=1S/C22H23NO4/c24-17-6-9-19-20(15-17)27-21(22(19)25)14-16-4-7-18(8-5-16)26-13-12-23-10-2-1-3-11-23/h4-9,14-15,24H,1-3,10-13H2/b21-14-. The van der Waals surface area contributed by atoms with E-state index >= 15 is 0 Å². The first-order valence-electron chi connectivity index (χ1n) is 9.41. The summed E-state index contributed by atoms with van der Waals surface area (Å²) in [7, 11) is 0. The molecule has 4 rings (SSSR count). The number of aromatic hydroxyl groups is 1. The van der Waals surface area contributed by atoms with E-state index in [1.807, 2.05) is 24.3 Å². The van der Waals surface area contributed by atoms with Crippen molar-refractivity contribution < 1.29 is 19.4 Å². The summed E-state index contributed by atoms with van der Waals surface area (Å²) < 4.78 is 11.4. The van der Waals surface area contributed by atoms with Crippen LogP contribution in [0, 0.1) is 0 Å². The van der Waals surface area contributed by atoms with Crippen molar-refractivity contribution in [3.05, 3.63) is 59.4 Å². The van der Waals surface area contributed by atoms with E-state index in [0.29, 0.717) is 17.9 Å². The molecule has 1 fully saturated rings. The number of phenolic OH excluding ortho intramolecular Hbond substituents is 1. The minimum absolute atomic E-state index is 0.0776. The van der Waals surface area contributed by atoms with E-state index in [0.717, 1.165) is 17.9 Å². The highest BCUT2D eigenvalue weighted by molar-refractivity contribution is 6.14.